The van der Waals surface area contributed by atoms with E-state index in [1.165, 1.54) is 12.2 Å². The normalized spacial score (nSPS) is 26.0. The van der Waals surface area contributed by atoms with Gasteiger partial charge >= 0.3 is 0 Å². The number of fused-ring (bicyclic) bond motifs is 2. The maximum atomic E-state index is 12.3. The summed E-state index contributed by atoms with van der Waals surface area (Å²) in [7, 11) is 0. The average Bonchev–Trinajstić information content (AvgIpc) is 2.38. The molecule has 0 aliphatic heterocycles. The molecule has 1 aromatic carbocycles. The standard InChI is InChI=1S/C14H10O4/c15-9-5-6-10(16)12-11(9)13(17)7-3-1-2-4-8(7)14(12)18/h1-6,11-12,15-16H. The van der Waals surface area contributed by atoms with Gasteiger partial charge in [-0.15, -0.1) is 0 Å². The zero-order valence-corrected chi connectivity index (χ0v) is 9.33. The molecule has 0 spiro atoms. The predicted molar refractivity (Wildman–Crippen MR) is 63.5 cm³/mol. The first-order valence-electron chi connectivity index (χ1n) is 5.58. The van der Waals surface area contributed by atoms with Gasteiger partial charge in [-0.25, -0.2) is 0 Å². The number of rotatable bonds is 0. The van der Waals surface area contributed by atoms with Crippen LogP contribution in [0.2, 0.25) is 0 Å². The van der Waals surface area contributed by atoms with Crippen molar-refractivity contribution >= 4 is 11.6 Å². The molecule has 1 aromatic rings. The second kappa shape index (κ2) is 3.57. The Hall–Kier alpha value is -2.36. The van der Waals surface area contributed by atoms with E-state index in [-0.39, 0.29) is 23.1 Å². The maximum Gasteiger partial charge on any atom is 0.175 e. The Morgan fingerprint density at radius 2 is 1.17 bits per heavy atom. The third-order valence-corrected chi connectivity index (χ3v) is 3.42. The number of Topliss-reactive ketones (excluding diaryl/α,β-unsaturated/α-hetero) is 2. The lowest BCUT2D eigenvalue weighted by atomic mass is 9.70. The molecule has 0 fully saturated rings. The van der Waals surface area contributed by atoms with Crippen molar-refractivity contribution < 1.29 is 19.8 Å². The number of hydrogen-bond acceptors (Lipinski definition) is 4. The number of hydrogen-bond donors (Lipinski definition) is 2. The van der Waals surface area contributed by atoms with Crippen molar-refractivity contribution in [3.8, 4) is 0 Å². The number of allylic oxidation sites excluding steroid dienone is 4. The van der Waals surface area contributed by atoms with Gasteiger partial charge in [0.25, 0.3) is 0 Å². The molecule has 3 rings (SSSR count). The quantitative estimate of drug-likeness (QED) is 0.731. The van der Waals surface area contributed by atoms with Crippen LogP contribution in [0.25, 0.3) is 0 Å². The first kappa shape index (κ1) is 10.8. The minimum absolute atomic E-state index is 0.175. The van der Waals surface area contributed by atoms with Gasteiger partial charge in [-0.2, -0.15) is 0 Å². The topological polar surface area (TPSA) is 74.6 Å². The molecule has 18 heavy (non-hydrogen) atoms. The van der Waals surface area contributed by atoms with Crippen LogP contribution in [-0.2, 0) is 0 Å². The van der Waals surface area contributed by atoms with E-state index < -0.39 is 11.8 Å². The summed E-state index contributed by atoms with van der Waals surface area (Å²) in [4.78, 5) is 24.5. The van der Waals surface area contributed by atoms with Gasteiger partial charge in [0.1, 0.15) is 11.5 Å². The molecule has 2 aliphatic rings. The van der Waals surface area contributed by atoms with Gasteiger partial charge in [-0.3, -0.25) is 9.59 Å². The van der Waals surface area contributed by atoms with Gasteiger partial charge in [0.15, 0.2) is 11.6 Å². The smallest absolute Gasteiger partial charge is 0.175 e. The molecular weight excluding hydrogens is 232 g/mol. The zero-order valence-electron chi connectivity index (χ0n) is 9.33. The highest BCUT2D eigenvalue weighted by atomic mass is 16.3. The summed E-state index contributed by atoms with van der Waals surface area (Å²) < 4.78 is 0. The highest BCUT2D eigenvalue weighted by Gasteiger charge is 2.46. The molecule has 0 aromatic heterocycles. The lowest BCUT2D eigenvalue weighted by molar-refractivity contribution is 0.0708. The third-order valence-electron chi connectivity index (χ3n) is 3.42. The van der Waals surface area contributed by atoms with Crippen LogP contribution in [-0.4, -0.2) is 21.8 Å². The van der Waals surface area contributed by atoms with Gasteiger partial charge in [0.2, 0.25) is 0 Å². The summed E-state index contributed by atoms with van der Waals surface area (Å²) in [6.07, 6.45) is 2.52. The molecule has 0 radical (unpaired) electrons. The Kier molecular flexibility index (Phi) is 2.13. The Morgan fingerprint density at radius 3 is 1.56 bits per heavy atom. The van der Waals surface area contributed by atoms with E-state index in [9.17, 15) is 19.8 Å². The van der Waals surface area contributed by atoms with Crippen LogP contribution in [0.5, 0.6) is 0 Å². The van der Waals surface area contributed by atoms with Crippen LogP contribution in [0.3, 0.4) is 0 Å². The fourth-order valence-corrected chi connectivity index (χ4v) is 2.54. The fraction of sp³-hybridized carbons (Fsp3) is 0.143. The zero-order chi connectivity index (χ0) is 12.9. The van der Waals surface area contributed by atoms with E-state index >= 15 is 0 Å². The van der Waals surface area contributed by atoms with Crippen molar-refractivity contribution in [2.75, 3.05) is 0 Å². The summed E-state index contributed by atoms with van der Waals surface area (Å²) in [5.41, 5.74) is 0.608. The van der Waals surface area contributed by atoms with Crippen LogP contribution in [0.4, 0.5) is 0 Å². The Labute approximate surface area is 103 Å². The van der Waals surface area contributed by atoms with Crippen LogP contribution in [0, 0.1) is 11.8 Å². The molecule has 0 saturated heterocycles. The van der Waals surface area contributed by atoms with Crippen molar-refractivity contribution in [2.24, 2.45) is 11.8 Å². The summed E-state index contributed by atoms with van der Waals surface area (Å²) in [6.45, 7) is 0. The molecule has 4 heteroatoms. The van der Waals surface area contributed by atoms with Gasteiger partial charge in [0.05, 0.1) is 11.8 Å². The molecule has 0 heterocycles. The molecular formula is C14H10O4. The van der Waals surface area contributed by atoms with E-state index in [1.807, 2.05) is 0 Å². The van der Waals surface area contributed by atoms with Gasteiger partial charge in [-0.05, 0) is 12.2 Å². The third kappa shape index (κ3) is 1.26. The predicted octanol–water partition coefficient (Wildman–Crippen LogP) is 2.20. The highest BCUT2D eigenvalue weighted by molar-refractivity contribution is 6.17. The highest BCUT2D eigenvalue weighted by Crippen LogP contribution is 2.39. The molecule has 90 valence electrons. The average molecular weight is 242 g/mol. The van der Waals surface area contributed by atoms with Crippen LogP contribution in [0.15, 0.2) is 47.9 Å². The van der Waals surface area contributed by atoms with Crippen molar-refractivity contribution in [3.63, 3.8) is 0 Å². The van der Waals surface area contributed by atoms with Crippen molar-refractivity contribution in [2.45, 2.75) is 0 Å². The van der Waals surface area contributed by atoms with E-state index in [4.69, 9.17) is 0 Å². The molecule has 4 nitrogen and oxygen atoms in total. The largest absolute Gasteiger partial charge is 0.511 e. The lowest BCUT2D eigenvalue weighted by Gasteiger charge is -2.31. The van der Waals surface area contributed by atoms with Crippen LogP contribution in [0.1, 0.15) is 20.7 Å². The van der Waals surface area contributed by atoms with Crippen molar-refractivity contribution in [1.82, 2.24) is 0 Å². The van der Waals surface area contributed by atoms with E-state index in [0.29, 0.717) is 11.1 Å². The Balaban J connectivity index is 2.24. The second-order valence-electron chi connectivity index (χ2n) is 4.41. The molecule has 0 bridgehead atoms. The number of carbonyl (C=O) groups excluding carboxylic acids is 2. The molecule has 2 unspecified atom stereocenters. The lowest BCUT2D eigenvalue weighted by Crippen LogP contribution is -2.40. The molecule has 0 amide bonds. The van der Waals surface area contributed by atoms with Gasteiger partial charge in [-0.1, -0.05) is 24.3 Å². The number of aliphatic hydroxyl groups is 2. The molecule has 0 saturated carbocycles. The first-order valence-corrected chi connectivity index (χ1v) is 5.58. The summed E-state index contributed by atoms with van der Waals surface area (Å²) >= 11 is 0. The number of benzene rings is 1. The Morgan fingerprint density at radius 1 is 0.778 bits per heavy atom. The van der Waals surface area contributed by atoms with Crippen molar-refractivity contribution in [3.05, 3.63) is 59.1 Å². The van der Waals surface area contributed by atoms with Gasteiger partial charge < -0.3 is 10.2 Å². The van der Waals surface area contributed by atoms with Gasteiger partial charge in [0, 0.05) is 11.1 Å². The molecule has 2 atom stereocenters. The Bertz CT molecular complexity index is 569. The molecule has 2 aliphatic carbocycles. The number of aliphatic hydroxyl groups excluding tert-OH is 2. The number of carbonyl (C=O) groups is 2. The van der Waals surface area contributed by atoms with E-state index in [1.54, 1.807) is 24.3 Å². The number of ketones is 2. The minimum Gasteiger partial charge on any atom is -0.511 e. The maximum absolute atomic E-state index is 12.3. The monoisotopic (exact) mass is 242 g/mol. The second-order valence-corrected chi connectivity index (χ2v) is 4.41. The minimum atomic E-state index is -0.989. The summed E-state index contributed by atoms with van der Waals surface area (Å²) in [5, 5.41) is 19.5. The SMILES string of the molecule is O=C1c2ccccc2C(=O)C2C(O)=CC=C(O)C12. The first-order chi connectivity index (χ1) is 8.61. The van der Waals surface area contributed by atoms with E-state index in [2.05, 4.69) is 0 Å². The fourth-order valence-electron chi connectivity index (χ4n) is 2.54. The van der Waals surface area contributed by atoms with Crippen LogP contribution >= 0.6 is 0 Å². The van der Waals surface area contributed by atoms with Crippen LogP contribution < -0.4 is 0 Å². The van der Waals surface area contributed by atoms with E-state index in [0.717, 1.165) is 0 Å². The van der Waals surface area contributed by atoms with Crippen molar-refractivity contribution in [1.29, 1.82) is 0 Å². The molecule has 2 N–H and O–H groups in total. The summed E-state index contributed by atoms with van der Waals surface area (Å²) in [5.74, 6) is -2.99. The summed E-state index contributed by atoms with van der Waals surface area (Å²) in [6, 6.07) is 6.47.